The molecule has 1 aliphatic heterocycles. The molecule has 1 aliphatic rings. The highest BCUT2D eigenvalue weighted by molar-refractivity contribution is 7.15. The van der Waals surface area contributed by atoms with Crippen molar-refractivity contribution in [1.29, 1.82) is 0 Å². The lowest BCUT2D eigenvalue weighted by molar-refractivity contribution is 0.201. The fourth-order valence-electron chi connectivity index (χ4n) is 4.37. The Labute approximate surface area is 184 Å². The quantitative estimate of drug-likeness (QED) is 0.478. The summed E-state index contributed by atoms with van der Waals surface area (Å²) in [5, 5.41) is 1.89. The van der Waals surface area contributed by atoms with Crippen molar-refractivity contribution < 1.29 is 9.47 Å². The van der Waals surface area contributed by atoms with Crippen LogP contribution in [0.4, 0.5) is 0 Å². The van der Waals surface area contributed by atoms with E-state index in [1.807, 2.05) is 11.4 Å². The zero-order valence-electron chi connectivity index (χ0n) is 17.4. The number of hydrogen-bond donors (Lipinski definition) is 0. The van der Waals surface area contributed by atoms with Crippen molar-refractivity contribution in [3.8, 4) is 11.5 Å². The first-order chi connectivity index (χ1) is 15.2. The molecule has 0 N–H and O–H groups in total. The lowest BCUT2D eigenvalue weighted by Gasteiger charge is -2.38. The van der Waals surface area contributed by atoms with Gasteiger partial charge in [-0.1, -0.05) is 30.3 Å². The molecule has 0 unspecified atom stereocenters. The van der Waals surface area contributed by atoms with Crippen molar-refractivity contribution in [3.63, 3.8) is 0 Å². The van der Waals surface area contributed by atoms with E-state index in [0.29, 0.717) is 6.54 Å². The van der Waals surface area contributed by atoms with Gasteiger partial charge in [-0.15, -0.1) is 11.3 Å². The van der Waals surface area contributed by atoms with Gasteiger partial charge in [-0.05, 0) is 35.2 Å². The van der Waals surface area contributed by atoms with E-state index in [0.717, 1.165) is 35.1 Å². The van der Waals surface area contributed by atoms with Crippen LogP contribution < -0.4 is 15.0 Å². The predicted molar refractivity (Wildman–Crippen MR) is 121 cm³/mol. The third-order valence-corrected chi connectivity index (χ3v) is 6.57. The molecule has 5 rings (SSSR count). The van der Waals surface area contributed by atoms with E-state index < -0.39 is 0 Å². The van der Waals surface area contributed by atoms with Gasteiger partial charge in [-0.25, -0.2) is 4.98 Å². The average molecular weight is 434 g/mol. The van der Waals surface area contributed by atoms with Gasteiger partial charge in [0.25, 0.3) is 5.56 Å². The van der Waals surface area contributed by atoms with Gasteiger partial charge in [0.2, 0.25) is 0 Å². The highest BCUT2D eigenvalue weighted by atomic mass is 32.1. The highest BCUT2D eigenvalue weighted by Gasteiger charge is 2.30. The Morgan fingerprint density at radius 1 is 1.10 bits per heavy atom. The van der Waals surface area contributed by atoms with E-state index in [1.54, 1.807) is 30.9 Å². The molecule has 6 nitrogen and oxygen atoms in total. The van der Waals surface area contributed by atoms with Crippen LogP contribution in [0, 0.1) is 0 Å². The minimum absolute atomic E-state index is 0.0355. The first-order valence-corrected chi connectivity index (χ1v) is 11.1. The second kappa shape index (κ2) is 8.17. The number of nitrogens with zero attached hydrogens (tertiary/aromatic N) is 3. The SMILES string of the molecule is COc1cc2c(cc1OC)[C@@H](c1ccccc1)N(Cc1cc(=O)n3ccsc3n1)CC2. The Kier molecular flexibility index (Phi) is 5.21. The molecule has 4 aromatic rings. The summed E-state index contributed by atoms with van der Waals surface area (Å²) in [5.41, 5.74) is 4.40. The Morgan fingerprint density at radius 3 is 2.65 bits per heavy atom. The maximum atomic E-state index is 12.5. The molecule has 7 heteroatoms. The highest BCUT2D eigenvalue weighted by Crippen LogP contribution is 2.41. The number of rotatable bonds is 5. The minimum atomic E-state index is -0.0404. The van der Waals surface area contributed by atoms with Crippen molar-refractivity contribution in [2.45, 2.75) is 19.0 Å². The monoisotopic (exact) mass is 433 g/mol. The van der Waals surface area contributed by atoms with Crippen molar-refractivity contribution >= 4 is 16.3 Å². The second-order valence-electron chi connectivity index (χ2n) is 7.58. The van der Waals surface area contributed by atoms with Crippen LogP contribution in [0.2, 0.25) is 0 Å². The first kappa shape index (κ1) is 19.8. The molecule has 3 heterocycles. The molecule has 1 atom stereocenters. The molecular formula is C24H23N3O3S. The van der Waals surface area contributed by atoms with Gasteiger partial charge in [-0.2, -0.15) is 0 Å². The first-order valence-electron chi connectivity index (χ1n) is 10.2. The van der Waals surface area contributed by atoms with E-state index in [1.165, 1.54) is 28.0 Å². The van der Waals surface area contributed by atoms with E-state index in [9.17, 15) is 4.79 Å². The molecule has 0 saturated carbocycles. The fourth-order valence-corrected chi connectivity index (χ4v) is 5.11. The van der Waals surface area contributed by atoms with Gasteiger partial charge in [0.05, 0.1) is 26.0 Å². The number of fused-ring (bicyclic) bond motifs is 2. The van der Waals surface area contributed by atoms with E-state index >= 15 is 0 Å². The summed E-state index contributed by atoms with van der Waals surface area (Å²) in [6.45, 7) is 1.45. The second-order valence-corrected chi connectivity index (χ2v) is 8.45. The van der Waals surface area contributed by atoms with Crippen LogP contribution in [0.3, 0.4) is 0 Å². The lowest BCUT2D eigenvalue weighted by Crippen LogP contribution is -2.36. The number of benzene rings is 2. The number of thiazole rings is 1. The van der Waals surface area contributed by atoms with Crippen LogP contribution in [0.5, 0.6) is 11.5 Å². The molecule has 0 fully saturated rings. The maximum absolute atomic E-state index is 12.5. The summed E-state index contributed by atoms with van der Waals surface area (Å²) in [6.07, 6.45) is 2.65. The molecule has 0 radical (unpaired) electrons. The van der Waals surface area contributed by atoms with E-state index in [4.69, 9.17) is 14.5 Å². The number of ether oxygens (including phenoxy) is 2. The topological polar surface area (TPSA) is 56.1 Å². The molecule has 0 aliphatic carbocycles. The number of hydrogen-bond acceptors (Lipinski definition) is 6. The molecule has 2 aromatic heterocycles. The molecule has 0 spiro atoms. The average Bonchev–Trinajstić information content (AvgIpc) is 3.28. The zero-order valence-corrected chi connectivity index (χ0v) is 18.3. The Hall–Kier alpha value is -3.16. The molecule has 158 valence electrons. The zero-order chi connectivity index (χ0) is 21.4. The van der Waals surface area contributed by atoms with Crippen molar-refractivity contribution in [2.75, 3.05) is 20.8 Å². The fraction of sp³-hybridized carbons (Fsp3) is 0.250. The van der Waals surface area contributed by atoms with Gasteiger partial charge >= 0.3 is 0 Å². The summed E-state index contributed by atoms with van der Waals surface area (Å²) in [6, 6.07) is 16.3. The molecule has 0 saturated heterocycles. The lowest BCUT2D eigenvalue weighted by atomic mass is 9.87. The standard InChI is InChI=1S/C24H23N3O3S/c1-29-20-12-17-8-9-26(15-18-13-22(28)27-10-11-31-24(27)25-18)23(16-6-4-3-5-7-16)19(17)14-21(20)30-2/h3-7,10-14,23H,8-9,15H2,1-2H3/t23-/m1/s1. The molecular weight excluding hydrogens is 410 g/mol. The summed E-state index contributed by atoms with van der Waals surface area (Å²) in [4.78, 5) is 20.3. The maximum Gasteiger partial charge on any atom is 0.258 e. The predicted octanol–water partition coefficient (Wildman–Crippen LogP) is 3.92. The van der Waals surface area contributed by atoms with Crippen molar-refractivity contribution in [3.05, 3.63) is 92.8 Å². The van der Waals surface area contributed by atoms with Crippen LogP contribution in [-0.4, -0.2) is 35.0 Å². The van der Waals surface area contributed by atoms with E-state index in [2.05, 4.69) is 41.3 Å². The van der Waals surface area contributed by atoms with Gasteiger partial charge < -0.3 is 9.47 Å². The normalized spacial score (nSPS) is 16.3. The third kappa shape index (κ3) is 3.60. The summed E-state index contributed by atoms with van der Waals surface area (Å²) >= 11 is 1.48. The Balaban J connectivity index is 1.59. The Bertz CT molecular complexity index is 1280. The minimum Gasteiger partial charge on any atom is -0.493 e. The summed E-state index contributed by atoms with van der Waals surface area (Å²) < 4.78 is 12.7. The summed E-state index contributed by atoms with van der Waals surface area (Å²) in [5.74, 6) is 1.47. The third-order valence-electron chi connectivity index (χ3n) is 5.81. The van der Waals surface area contributed by atoms with Gasteiger partial charge in [0.1, 0.15) is 0 Å². The van der Waals surface area contributed by atoms with Gasteiger partial charge in [-0.3, -0.25) is 14.1 Å². The van der Waals surface area contributed by atoms with Crippen LogP contribution >= 0.6 is 11.3 Å². The van der Waals surface area contributed by atoms with Gasteiger partial charge in [0, 0.05) is 30.7 Å². The van der Waals surface area contributed by atoms with Crippen LogP contribution in [0.25, 0.3) is 4.96 Å². The molecule has 0 bridgehead atoms. The van der Waals surface area contributed by atoms with Crippen molar-refractivity contribution in [2.24, 2.45) is 0 Å². The number of aromatic nitrogens is 2. The molecule has 0 amide bonds. The molecule has 31 heavy (non-hydrogen) atoms. The molecule has 2 aromatic carbocycles. The number of methoxy groups -OCH3 is 2. The Morgan fingerprint density at radius 2 is 1.87 bits per heavy atom. The van der Waals surface area contributed by atoms with Crippen LogP contribution in [0.1, 0.15) is 28.4 Å². The summed E-state index contributed by atoms with van der Waals surface area (Å²) in [7, 11) is 3.33. The van der Waals surface area contributed by atoms with Gasteiger partial charge in [0.15, 0.2) is 16.5 Å². The van der Waals surface area contributed by atoms with Crippen LogP contribution in [-0.2, 0) is 13.0 Å². The van der Waals surface area contributed by atoms with Crippen LogP contribution in [0.15, 0.2) is 64.9 Å². The van der Waals surface area contributed by atoms with E-state index in [-0.39, 0.29) is 11.6 Å². The smallest absolute Gasteiger partial charge is 0.258 e. The largest absolute Gasteiger partial charge is 0.493 e. The van der Waals surface area contributed by atoms with Crippen molar-refractivity contribution in [1.82, 2.24) is 14.3 Å².